The number of nitrogens with one attached hydrogen (secondary N) is 2. The molecule has 0 unspecified atom stereocenters. The molecule has 0 spiro atoms. The smallest absolute Gasteiger partial charge is 0.258 e. The summed E-state index contributed by atoms with van der Waals surface area (Å²) in [5.74, 6) is 0.450. The van der Waals surface area contributed by atoms with E-state index in [1.54, 1.807) is 0 Å². The lowest BCUT2D eigenvalue weighted by Crippen LogP contribution is -2.29. The van der Waals surface area contributed by atoms with E-state index >= 15 is 0 Å². The van der Waals surface area contributed by atoms with Crippen molar-refractivity contribution in [2.75, 3.05) is 19.7 Å². The summed E-state index contributed by atoms with van der Waals surface area (Å²) in [6.07, 6.45) is 1.07. The molecule has 0 atom stereocenters. The second-order valence-electron chi connectivity index (χ2n) is 4.46. The lowest BCUT2D eigenvalue weighted by atomic mass is 10.1. The van der Waals surface area contributed by atoms with Crippen LogP contribution >= 0.6 is 0 Å². The van der Waals surface area contributed by atoms with Crippen LogP contribution in [0.4, 0.5) is 0 Å². The molecular weight excluding hydrogens is 254 g/mol. The number of nitriles is 1. The van der Waals surface area contributed by atoms with Gasteiger partial charge in [0.2, 0.25) is 0 Å². The normalized spacial score (nSPS) is 9.85. The maximum atomic E-state index is 11.5. The Morgan fingerprint density at radius 2 is 2.25 bits per heavy atom. The number of para-hydroxylation sites is 1. The standard InChI is InChI=1S/C15H21N3O2/c1-3-8-17-10-13-6-4-5-12(2)15(13)20-11-14(19)18-9-7-16/h4-6,17H,3,8-11H2,1-2H3,(H,18,19). The minimum absolute atomic E-state index is 0.000871. The topological polar surface area (TPSA) is 74.2 Å². The number of ether oxygens (including phenoxy) is 1. The zero-order valence-electron chi connectivity index (χ0n) is 12.0. The third-order valence-corrected chi connectivity index (χ3v) is 2.75. The van der Waals surface area contributed by atoms with Crippen molar-refractivity contribution in [3.05, 3.63) is 29.3 Å². The third kappa shape index (κ3) is 5.29. The van der Waals surface area contributed by atoms with E-state index in [0.29, 0.717) is 6.54 Å². The zero-order chi connectivity index (χ0) is 14.8. The van der Waals surface area contributed by atoms with Gasteiger partial charge in [-0.3, -0.25) is 4.79 Å². The van der Waals surface area contributed by atoms with Gasteiger partial charge in [-0.25, -0.2) is 0 Å². The first kappa shape index (κ1) is 16.0. The van der Waals surface area contributed by atoms with Gasteiger partial charge in [0.25, 0.3) is 5.91 Å². The minimum Gasteiger partial charge on any atom is -0.483 e. The molecule has 108 valence electrons. The van der Waals surface area contributed by atoms with Crippen LogP contribution in [0.3, 0.4) is 0 Å². The molecule has 1 aromatic carbocycles. The van der Waals surface area contributed by atoms with Gasteiger partial charge < -0.3 is 15.4 Å². The Labute approximate surface area is 119 Å². The first-order valence-electron chi connectivity index (χ1n) is 6.74. The maximum absolute atomic E-state index is 11.5. The molecule has 0 bridgehead atoms. The van der Waals surface area contributed by atoms with Crippen LogP contribution in [0, 0.1) is 18.3 Å². The Morgan fingerprint density at radius 3 is 2.95 bits per heavy atom. The Kier molecular flexibility index (Phi) is 7.15. The summed E-state index contributed by atoms with van der Waals surface area (Å²) in [7, 11) is 0. The Hall–Kier alpha value is -2.06. The van der Waals surface area contributed by atoms with Gasteiger partial charge in [0.15, 0.2) is 6.61 Å². The average molecular weight is 275 g/mol. The molecule has 0 saturated heterocycles. The highest BCUT2D eigenvalue weighted by Gasteiger charge is 2.09. The van der Waals surface area contributed by atoms with E-state index in [-0.39, 0.29) is 19.1 Å². The van der Waals surface area contributed by atoms with Gasteiger partial charge in [-0.15, -0.1) is 0 Å². The molecular formula is C15H21N3O2. The van der Waals surface area contributed by atoms with Crippen molar-refractivity contribution in [2.45, 2.75) is 26.8 Å². The van der Waals surface area contributed by atoms with E-state index in [1.165, 1.54) is 0 Å². The number of amides is 1. The van der Waals surface area contributed by atoms with Crippen LogP contribution in [0.25, 0.3) is 0 Å². The number of carbonyl (C=O) groups excluding carboxylic acids is 1. The Balaban J connectivity index is 2.63. The molecule has 5 nitrogen and oxygen atoms in total. The zero-order valence-corrected chi connectivity index (χ0v) is 12.0. The summed E-state index contributed by atoms with van der Waals surface area (Å²) in [6, 6.07) is 7.76. The molecule has 0 fully saturated rings. The van der Waals surface area contributed by atoms with Crippen LogP contribution in [-0.4, -0.2) is 25.6 Å². The quantitative estimate of drug-likeness (QED) is 0.557. The maximum Gasteiger partial charge on any atom is 0.258 e. The summed E-state index contributed by atoms with van der Waals surface area (Å²) in [6.45, 7) is 5.64. The van der Waals surface area contributed by atoms with E-state index in [4.69, 9.17) is 10.00 Å². The van der Waals surface area contributed by atoms with Crippen molar-refractivity contribution >= 4 is 5.91 Å². The number of carbonyl (C=O) groups is 1. The van der Waals surface area contributed by atoms with Gasteiger partial charge in [0.1, 0.15) is 12.3 Å². The lowest BCUT2D eigenvalue weighted by Gasteiger charge is -2.14. The lowest BCUT2D eigenvalue weighted by molar-refractivity contribution is -0.122. The van der Waals surface area contributed by atoms with Gasteiger partial charge in [-0.1, -0.05) is 25.1 Å². The van der Waals surface area contributed by atoms with Crippen LogP contribution in [0.5, 0.6) is 5.75 Å². The molecule has 1 rings (SSSR count). The summed E-state index contributed by atoms with van der Waals surface area (Å²) in [5.41, 5.74) is 2.03. The summed E-state index contributed by atoms with van der Waals surface area (Å²) in [5, 5.41) is 14.2. The van der Waals surface area contributed by atoms with E-state index in [0.717, 1.165) is 29.8 Å². The second kappa shape index (κ2) is 8.94. The molecule has 1 aromatic rings. The Bertz CT molecular complexity index is 480. The number of aryl methyl sites for hydroxylation is 1. The van der Waals surface area contributed by atoms with E-state index < -0.39 is 0 Å². The molecule has 0 radical (unpaired) electrons. The summed E-state index contributed by atoms with van der Waals surface area (Å²) < 4.78 is 5.60. The molecule has 0 aromatic heterocycles. The van der Waals surface area contributed by atoms with Crippen molar-refractivity contribution in [1.29, 1.82) is 5.26 Å². The van der Waals surface area contributed by atoms with Crippen LogP contribution in [0.2, 0.25) is 0 Å². The van der Waals surface area contributed by atoms with Gasteiger partial charge in [0.05, 0.1) is 6.07 Å². The monoisotopic (exact) mass is 275 g/mol. The summed E-state index contributed by atoms with van der Waals surface area (Å²) in [4.78, 5) is 11.5. The number of hydrogen-bond donors (Lipinski definition) is 2. The second-order valence-corrected chi connectivity index (χ2v) is 4.46. The third-order valence-electron chi connectivity index (χ3n) is 2.75. The fraction of sp³-hybridized carbons (Fsp3) is 0.467. The van der Waals surface area contributed by atoms with Gasteiger partial charge in [0, 0.05) is 12.1 Å². The fourth-order valence-electron chi connectivity index (χ4n) is 1.79. The van der Waals surface area contributed by atoms with Crippen molar-refractivity contribution in [3.8, 4) is 11.8 Å². The molecule has 0 saturated carbocycles. The van der Waals surface area contributed by atoms with Crippen LogP contribution in [0.15, 0.2) is 18.2 Å². The highest BCUT2D eigenvalue weighted by molar-refractivity contribution is 5.77. The highest BCUT2D eigenvalue weighted by atomic mass is 16.5. The number of rotatable bonds is 8. The predicted octanol–water partition coefficient (Wildman–Crippen LogP) is 1.51. The first-order valence-corrected chi connectivity index (χ1v) is 6.74. The van der Waals surface area contributed by atoms with Crippen LogP contribution in [-0.2, 0) is 11.3 Å². The van der Waals surface area contributed by atoms with Gasteiger partial charge >= 0.3 is 0 Å². The molecule has 5 heteroatoms. The molecule has 1 amide bonds. The molecule has 2 N–H and O–H groups in total. The average Bonchev–Trinajstić information content (AvgIpc) is 2.44. The van der Waals surface area contributed by atoms with Crippen LogP contribution in [0.1, 0.15) is 24.5 Å². The van der Waals surface area contributed by atoms with Gasteiger partial charge in [-0.05, 0) is 25.5 Å². The SMILES string of the molecule is CCCNCc1cccc(C)c1OCC(=O)NCC#N. The molecule has 0 heterocycles. The van der Waals surface area contributed by atoms with Crippen molar-refractivity contribution < 1.29 is 9.53 Å². The van der Waals surface area contributed by atoms with Crippen molar-refractivity contribution in [3.63, 3.8) is 0 Å². The largest absolute Gasteiger partial charge is 0.483 e. The molecule has 0 aliphatic rings. The Morgan fingerprint density at radius 1 is 1.45 bits per heavy atom. The van der Waals surface area contributed by atoms with E-state index in [1.807, 2.05) is 31.2 Å². The van der Waals surface area contributed by atoms with Crippen LogP contribution < -0.4 is 15.4 Å². The van der Waals surface area contributed by atoms with Crippen molar-refractivity contribution in [1.82, 2.24) is 10.6 Å². The van der Waals surface area contributed by atoms with E-state index in [2.05, 4.69) is 17.6 Å². The number of hydrogen-bond acceptors (Lipinski definition) is 4. The molecule has 0 aliphatic heterocycles. The molecule has 20 heavy (non-hydrogen) atoms. The molecule has 0 aliphatic carbocycles. The van der Waals surface area contributed by atoms with Crippen molar-refractivity contribution in [2.24, 2.45) is 0 Å². The highest BCUT2D eigenvalue weighted by Crippen LogP contribution is 2.23. The fourth-order valence-corrected chi connectivity index (χ4v) is 1.79. The number of nitrogens with zero attached hydrogens (tertiary/aromatic N) is 1. The van der Waals surface area contributed by atoms with Gasteiger partial charge in [-0.2, -0.15) is 5.26 Å². The summed E-state index contributed by atoms with van der Waals surface area (Å²) >= 11 is 0. The van der Waals surface area contributed by atoms with E-state index in [9.17, 15) is 4.79 Å². The first-order chi connectivity index (χ1) is 9.69. The number of benzene rings is 1. The minimum atomic E-state index is -0.290. The predicted molar refractivity (Wildman–Crippen MR) is 77.3 cm³/mol.